The van der Waals surface area contributed by atoms with Gasteiger partial charge in [0.25, 0.3) is 5.91 Å². The van der Waals surface area contributed by atoms with E-state index in [2.05, 4.69) is 10.2 Å². The molecule has 1 aromatic carbocycles. The molecule has 114 valence electrons. The summed E-state index contributed by atoms with van der Waals surface area (Å²) < 4.78 is 5.84. The molecule has 0 saturated carbocycles. The Morgan fingerprint density at radius 2 is 2.23 bits per heavy atom. The molecule has 0 unspecified atom stereocenters. The van der Waals surface area contributed by atoms with Gasteiger partial charge in [-0.05, 0) is 30.5 Å². The van der Waals surface area contributed by atoms with Gasteiger partial charge in [0.05, 0.1) is 0 Å². The van der Waals surface area contributed by atoms with Gasteiger partial charge in [0.1, 0.15) is 5.75 Å². The van der Waals surface area contributed by atoms with Crippen LogP contribution in [0.4, 0.5) is 0 Å². The van der Waals surface area contributed by atoms with E-state index in [1.54, 1.807) is 6.20 Å². The van der Waals surface area contributed by atoms with Crippen molar-refractivity contribution in [1.82, 2.24) is 15.1 Å². The fourth-order valence-corrected chi connectivity index (χ4v) is 3.45. The molecule has 5 heteroatoms. The molecule has 1 amide bonds. The lowest BCUT2D eigenvalue weighted by molar-refractivity contribution is -0.139. The first-order valence-electron chi connectivity index (χ1n) is 7.84. The second-order valence-corrected chi connectivity index (χ2v) is 6.05. The predicted molar refractivity (Wildman–Crippen MR) is 81.7 cm³/mol. The molecule has 5 nitrogen and oxygen atoms in total. The number of nitrogens with one attached hydrogen (secondary N) is 1. The fraction of sp³-hybridized carbons (Fsp3) is 0.412. The van der Waals surface area contributed by atoms with Crippen molar-refractivity contribution in [3.8, 4) is 5.75 Å². The van der Waals surface area contributed by atoms with E-state index in [-0.39, 0.29) is 12.0 Å². The Labute approximate surface area is 129 Å². The molecule has 1 saturated heterocycles. The van der Waals surface area contributed by atoms with Crippen molar-refractivity contribution in [3.05, 3.63) is 47.8 Å². The number of likely N-dealkylation sites (tertiary alicyclic amines) is 1. The molecule has 3 heterocycles. The van der Waals surface area contributed by atoms with Crippen LogP contribution < -0.4 is 4.74 Å². The molecule has 1 N–H and O–H groups in total. The zero-order valence-corrected chi connectivity index (χ0v) is 12.4. The summed E-state index contributed by atoms with van der Waals surface area (Å²) in [5.41, 5.74) is 2.25. The highest BCUT2D eigenvalue weighted by atomic mass is 16.5. The second-order valence-electron chi connectivity index (χ2n) is 6.05. The van der Waals surface area contributed by atoms with Crippen LogP contribution in [0.2, 0.25) is 0 Å². The summed E-state index contributed by atoms with van der Waals surface area (Å²) in [6.45, 7) is 1.57. The van der Waals surface area contributed by atoms with Crippen LogP contribution in [-0.4, -0.2) is 40.2 Å². The van der Waals surface area contributed by atoms with E-state index in [0.717, 1.165) is 42.9 Å². The lowest BCUT2D eigenvalue weighted by Crippen LogP contribution is -2.46. The van der Waals surface area contributed by atoms with Crippen molar-refractivity contribution in [1.29, 1.82) is 0 Å². The maximum Gasteiger partial charge on any atom is 0.264 e. The summed E-state index contributed by atoms with van der Waals surface area (Å²) in [4.78, 5) is 14.7. The third kappa shape index (κ3) is 2.36. The molecule has 2 aliphatic rings. The van der Waals surface area contributed by atoms with Gasteiger partial charge in [-0.25, -0.2) is 0 Å². The number of H-pyrrole nitrogens is 1. The smallest absolute Gasteiger partial charge is 0.264 e. The summed E-state index contributed by atoms with van der Waals surface area (Å²) in [5.74, 6) is 1.31. The van der Waals surface area contributed by atoms with Gasteiger partial charge in [-0.3, -0.25) is 9.89 Å². The number of rotatable bonds is 2. The van der Waals surface area contributed by atoms with E-state index >= 15 is 0 Å². The van der Waals surface area contributed by atoms with Crippen LogP contribution in [0.5, 0.6) is 5.75 Å². The first kappa shape index (κ1) is 13.4. The van der Waals surface area contributed by atoms with Crippen molar-refractivity contribution in [2.75, 3.05) is 13.1 Å². The van der Waals surface area contributed by atoms with Crippen molar-refractivity contribution in [3.63, 3.8) is 0 Å². The van der Waals surface area contributed by atoms with Gasteiger partial charge in [0.2, 0.25) is 0 Å². The number of para-hydroxylation sites is 1. The van der Waals surface area contributed by atoms with E-state index in [1.165, 1.54) is 0 Å². The molecular weight excluding hydrogens is 278 g/mol. The van der Waals surface area contributed by atoms with Gasteiger partial charge in [0, 0.05) is 37.3 Å². The van der Waals surface area contributed by atoms with E-state index < -0.39 is 0 Å². The zero-order valence-electron chi connectivity index (χ0n) is 12.4. The number of aromatic nitrogens is 2. The van der Waals surface area contributed by atoms with Crippen LogP contribution in [0.15, 0.2) is 36.5 Å². The Morgan fingerprint density at radius 1 is 1.32 bits per heavy atom. The Kier molecular flexibility index (Phi) is 3.33. The Bertz CT molecular complexity index is 643. The van der Waals surface area contributed by atoms with E-state index in [4.69, 9.17) is 4.74 Å². The highest BCUT2D eigenvalue weighted by Crippen LogP contribution is 2.31. The van der Waals surface area contributed by atoms with E-state index in [0.29, 0.717) is 12.3 Å². The van der Waals surface area contributed by atoms with Gasteiger partial charge in [-0.2, -0.15) is 5.10 Å². The molecule has 2 aliphatic heterocycles. The van der Waals surface area contributed by atoms with Crippen LogP contribution in [0.1, 0.15) is 30.0 Å². The monoisotopic (exact) mass is 297 g/mol. The average Bonchev–Trinajstić information content (AvgIpc) is 3.23. The van der Waals surface area contributed by atoms with Crippen molar-refractivity contribution >= 4 is 5.91 Å². The number of fused-ring (bicyclic) bond motifs is 1. The molecule has 0 bridgehead atoms. The number of nitrogens with zero attached hydrogens (tertiary/aromatic N) is 2. The van der Waals surface area contributed by atoms with Crippen molar-refractivity contribution < 1.29 is 9.53 Å². The molecule has 4 rings (SSSR count). The standard InChI is InChI=1S/C17H19N3O2/c21-17(16-10-12-4-1-2-6-15(12)22-16)20-9-3-5-13(11-20)14-7-8-18-19-14/h1-2,4,6-8,13,16H,3,5,9-11H2,(H,18,19)/t13-,16+/m0/s1. The van der Waals surface area contributed by atoms with Gasteiger partial charge in [-0.1, -0.05) is 18.2 Å². The third-order valence-corrected chi connectivity index (χ3v) is 4.62. The molecule has 0 aliphatic carbocycles. The third-order valence-electron chi connectivity index (χ3n) is 4.62. The normalized spacial score (nSPS) is 23.9. The predicted octanol–water partition coefficient (Wildman–Crippen LogP) is 2.12. The number of benzene rings is 1. The second kappa shape index (κ2) is 5.48. The van der Waals surface area contributed by atoms with Crippen LogP contribution in [0.3, 0.4) is 0 Å². The number of piperidine rings is 1. The zero-order chi connectivity index (χ0) is 14.9. The molecule has 1 aromatic heterocycles. The summed E-state index contributed by atoms with van der Waals surface area (Å²) >= 11 is 0. The molecule has 0 spiro atoms. The minimum Gasteiger partial charge on any atom is -0.480 e. The quantitative estimate of drug-likeness (QED) is 0.923. The largest absolute Gasteiger partial charge is 0.480 e. The highest BCUT2D eigenvalue weighted by Gasteiger charge is 2.34. The minimum atomic E-state index is -0.363. The molecular formula is C17H19N3O2. The number of hydrogen-bond acceptors (Lipinski definition) is 3. The first-order chi connectivity index (χ1) is 10.8. The molecule has 1 fully saturated rings. The molecule has 0 radical (unpaired) electrons. The Morgan fingerprint density at radius 3 is 3.05 bits per heavy atom. The lowest BCUT2D eigenvalue weighted by atomic mass is 9.94. The maximum absolute atomic E-state index is 12.8. The minimum absolute atomic E-state index is 0.111. The number of amides is 1. The highest BCUT2D eigenvalue weighted by molar-refractivity contribution is 5.82. The summed E-state index contributed by atoms with van der Waals surface area (Å²) in [5, 5.41) is 7.05. The van der Waals surface area contributed by atoms with Crippen LogP contribution in [0.25, 0.3) is 0 Å². The number of carbonyl (C=O) groups excluding carboxylic acids is 1. The first-order valence-corrected chi connectivity index (χ1v) is 7.84. The maximum atomic E-state index is 12.8. The van der Waals surface area contributed by atoms with Gasteiger partial charge in [0.15, 0.2) is 6.10 Å². The SMILES string of the molecule is O=C([C@H]1Cc2ccccc2O1)N1CCC[C@H](c2ccn[nH]2)C1. The van der Waals surface area contributed by atoms with Gasteiger partial charge in [-0.15, -0.1) is 0 Å². The summed E-state index contributed by atoms with van der Waals surface area (Å²) in [6.07, 6.45) is 4.21. The van der Waals surface area contributed by atoms with Gasteiger partial charge < -0.3 is 9.64 Å². The molecule has 2 atom stereocenters. The average molecular weight is 297 g/mol. The molecule has 2 aromatic rings. The van der Waals surface area contributed by atoms with Crippen LogP contribution >= 0.6 is 0 Å². The lowest BCUT2D eigenvalue weighted by Gasteiger charge is -2.33. The van der Waals surface area contributed by atoms with Crippen molar-refractivity contribution in [2.45, 2.75) is 31.3 Å². The number of aromatic amines is 1. The van der Waals surface area contributed by atoms with Crippen LogP contribution in [0, 0.1) is 0 Å². The Hall–Kier alpha value is -2.30. The topological polar surface area (TPSA) is 58.2 Å². The summed E-state index contributed by atoms with van der Waals surface area (Å²) in [7, 11) is 0. The van der Waals surface area contributed by atoms with Crippen molar-refractivity contribution in [2.24, 2.45) is 0 Å². The number of hydrogen-bond donors (Lipinski definition) is 1. The van der Waals surface area contributed by atoms with Crippen LogP contribution in [-0.2, 0) is 11.2 Å². The fourth-order valence-electron chi connectivity index (χ4n) is 3.45. The Balaban J connectivity index is 1.45. The molecule has 22 heavy (non-hydrogen) atoms. The van der Waals surface area contributed by atoms with Gasteiger partial charge >= 0.3 is 0 Å². The summed E-state index contributed by atoms with van der Waals surface area (Å²) in [6, 6.07) is 9.91. The van der Waals surface area contributed by atoms with E-state index in [1.807, 2.05) is 35.2 Å². The van der Waals surface area contributed by atoms with E-state index in [9.17, 15) is 4.79 Å². The number of carbonyl (C=O) groups is 1. The number of ether oxygens (including phenoxy) is 1.